The van der Waals surface area contributed by atoms with Crippen LogP contribution < -0.4 is 4.74 Å². The molecule has 0 aliphatic carbocycles. The lowest BCUT2D eigenvalue weighted by Gasteiger charge is -2.15. The first-order valence-corrected chi connectivity index (χ1v) is 5.83. The second kappa shape index (κ2) is 6.09. The maximum atomic E-state index is 12.1. The molecule has 0 amide bonds. The summed E-state index contributed by atoms with van der Waals surface area (Å²) < 4.78 is 41.8. The molecule has 102 valence electrons. The summed E-state index contributed by atoms with van der Waals surface area (Å²) in [4.78, 5) is 0. The van der Waals surface area contributed by atoms with Crippen LogP contribution in [0.5, 0.6) is 5.75 Å². The molecule has 0 saturated heterocycles. The fourth-order valence-electron chi connectivity index (χ4n) is 1.42. The van der Waals surface area contributed by atoms with Crippen molar-refractivity contribution in [1.82, 2.24) is 0 Å². The molecular formula is C13H17F3O2. The normalized spacial score (nSPS) is 15.2. The highest BCUT2D eigenvalue weighted by atomic mass is 19.4. The minimum Gasteiger partial charge on any atom is -0.491 e. The third-order valence-corrected chi connectivity index (χ3v) is 2.60. The zero-order valence-corrected chi connectivity index (χ0v) is 10.4. The molecule has 1 aromatic rings. The number of hydrogen-bond donors (Lipinski definition) is 1. The first-order chi connectivity index (χ1) is 8.31. The van der Waals surface area contributed by atoms with Crippen molar-refractivity contribution in [2.75, 3.05) is 0 Å². The standard InChI is InChI=1S/C13H17F3O2/c1-3-9(2)18-11-6-4-10(5-7-11)12(17)8-13(14,15)16/h4-7,9,12,17H,3,8H2,1-2H3. The molecule has 2 unspecified atom stereocenters. The van der Waals surface area contributed by atoms with E-state index < -0.39 is 18.7 Å². The average Bonchev–Trinajstić information content (AvgIpc) is 2.27. The van der Waals surface area contributed by atoms with Crippen LogP contribution in [0, 0.1) is 0 Å². The van der Waals surface area contributed by atoms with E-state index in [1.54, 1.807) is 12.1 Å². The third-order valence-electron chi connectivity index (χ3n) is 2.60. The Hall–Kier alpha value is -1.23. The van der Waals surface area contributed by atoms with E-state index in [-0.39, 0.29) is 11.7 Å². The Kier molecular flexibility index (Phi) is 5.02. The topological polar surface area (TPSA) is 29.5 Å². The summed E-state index contributed by atoms with van der Waals surface area (Å²) in [6.07, 6.45) is -6.24. The average molecular weight is 262 g/mol. The summed E-state index contributed by atoms with van der Waals surface area (Å²) >= 11 is 0. The van der Waals surface area contributed by atoms with Crippen LogP contribution in [-0.2, 0) is 0 Å². The SMILES string of the molecule is CCC(C)Oc1ccc(C(O)CC(F)(F)F)cc1. The molecule has 0 saturated carbocycles. The molecule has 0 aromatic heterocycles. The highest BCUT2D eigenvalue weighted by Crippen LogP contribution is 2.30. The van der Waals surface area contributed by atoms with Crippen LogP contribution >= 0.6 is 0 Å². The van der Waals surface area contributed by atoms with Gasteiger partial charge in [0.1, 0.15) is 5.75 Å². The molecule has 0 aliphatic heterocycles. The largest absolute Gasteiger partial charge is 0.491 e. The predicted octanol–water partition coefficient (Wildman–Crippen LogP) is 3.85. The number of ether oxygens (including phenoxy) is 1. The summed E-state index contributed by atoms with van der Waals surface area (Å²) in [7, 11) is 0. The Labute approximate surface area is 104 Å². The fourth-order valence-corrected chi connectivity index (χ4v) is 1.42. The predicted molar refractivity (Wildman–Crippen MR) is 62.5 cm³/mol. The van der Waals surface area contributed by atoms with E-state index in [9.17, 15) is 18.3 Å². The van der Waals surface area contributed by atoms with Crippen molar-refractivity contribution in [3.63, 3.8) is 0 Å². The van der Waals surface area contributed by atoms with E-state index in [2.05, 4.69) is 0 Å². The van der Waals surface area contributed by atoms with Crippen molar-refractivity contribution in [1.29, 1.82) is 0 Å². The van der Waals surface area contributed by atoms with Crippen molar-refractivity contribution < 1.29 is 23.0 Å². The Morgan fingerprint density at radius 2 is 1.78 bits per heavy atom. The second-order valence-corrected chi connectivity index (χ2v) is 4.24. The minimum absolute atomic E-state index is 0.0518. The van der Waals surface area contributed by atoms with E-state index in [1.165, 1.54) is 12.1 Å². The number of alkyl halides is 3. The van der Waals surface area contributed by atoms with E-state index in [0.717, 1.165) is 6.42 Å². The Morgan fingerprint density at radius 1 is 1.22 bits per heavy atom. The lowest BCUT2D eigenvalue weighted by atomic mass is 10.1. The lowest BCUT2D eigenvalue weighted by molar-refractivity contribution is -0.154. The van der Waals surface area contributed by atoms with Crippen molar-refractivity contribution in [3.05, 3.63) is 29.8 Å². The molecule has 0 radical (unpaired) electrons. The molecule has 2 nitrogen and oxygen atoms in total. The third kappa shape index (κ3) is 4.96. The van der Waals surface area contributed by atoms with Crippen LogP contribution in [0.4, 0.5) is 13.2 Å². The van der Waals surface area contributed by atoms with E-state index in [4.69, 9.17) is 4.74 Å². The molecule has 0 aliphatic rings. The van der Waals surface area contributed by atoms with Gasteiger partial charge < -0.3 is 9.84 Å². The first-order valence-electron chi connectivity index (χ1n) is 5.83. The molecule has 5 heteroatoms. The lowest BCUT2D eigenvalue weighted by Crippen LogP contribution is -2.13. The van der Waals surface area contributed by atoms with Gasteiger partial charge in [0.25, 0.3) is 0 Å². The molecule has 0 heterocycles. The van der Waals surface area contributed by atoms with Gasteiger partial charge in [-0.1, -0.05) is 19.1 Å². The highest BCUT2D eigenvalue weighted by molar-refractivity contribution is 5.28. The number of rotatable bonds is 5. The highest BCUT2D eigenvalue weighted by Gasteiger charge is 2.31. The van der Waals surface area contributed by atoms with Gasteiger partial charge in [-0.15, -0.1) is 0 Å². The van der Waals surface area contributed by atoms with E-state index in [1.807, 2.05) is 13.8 Å². The van der Waals surface area contributed by atoms with Gasteiger partial charge in [-0.3, -0.25) is 0 Å². The van der Waals surface area contributed by atoms with Gasteiger partial charge in [0.05, 0.1) is 18.6 Å². The number of halogens is 3. The zero-order valence-electron chi connectivity index (χ0n) is 10.4. The summed E-state index contributed by atoms with van der Waals surface area (Å²) in [6, 6.07) is 6.05. The Bertz CT molecular complexity index is 359. The maximum Gasteiger partial charge on any atom is 0.391 e. The van der Waals surface area contributed by atoms with Gasteiger partial charge in [-0.25, -0.2) is 0 Å². The molecule has 0 fully saturated rings. The summed E-state index contributed by atoms with van der Waals surface area (Å²) in [6.45, 7) is 3.89. The van der Waals surface area contributed by atoms with Gasteiger partial charge in [0.15, 0.2) is 0 Å². The first kappa shape index (κ1) is 14.8. The number of benzene rings is 1. The fraction of sp³-hybridized carbons (Fsp3) is 0.538. The maximum absolute atomic E-state index is 12.1. The van der Waals surface area contributed by atoms with Gasteiger partial charge >= 0.3 is 6.18 Å². The van der Waals surface area contributed by atoms with Gasteiger partial charge in [0, 0.05) is 0 Å². The molecule has 1 N–H and O–H groups in total. The van der Waals surface area contributed by atoms with Crippen LogP contribution in [0.25, 0.3) is 0 Å². The van der Waals surface area contributed by atoms with E-state index >= 15 is 0 Å². The molecule has 0 spiro atoms. The van der Waals surface area contributed by atoms with Crippen LogP contribution in [-0.4, -0.2) is 17.4 Å². The Morgan fingerprint density at radius 3 is 2.22 bits per heavy atom. The van der Waals surface area contributed by atoms with Crippen molar-refractivity contribution in [2.24, 2.45) is 0 Å². The molecule has 2 atom stereocenters. The van der Waals surface area contributed by atoms with Gasteiger partial charge in [-0.05, 0) is 31.0 Å². The smallest absolute Gasteiger partial charge is 0.391 e. The second-order valence-electron chi connectivity index (χ2n) is 4.24. The van der Waals surface area contributed by atoms with Crippen LogP contribution in [0.15, 0.2) is 24.3 Å². The monoisotopic (exact) mass is 262 g/mol. The summed E-state index contributed by atoms with van der Waals surface area (Å²) in [5.41, 5.74) is 0.240. The molecule has 1 aromatic carbocycles. The number of aliphatic hydroxyl groups is 1. The molecule has 1 rings (SSSR count). The van der Waals surface area contributed by atoms with Gasteiger partial charge in [0.2, 0.25) is 0 Å². The van der Waals surface area contributed by atoms with Crippen LogP contribution in [0.2, 0.25) is 0 Å². The van der Waals surface area contributed by atoms with Crippen molar-refractivity contribution in [2.45, 2.75) is 45.1 Å². The summed E-state index contributed by atoms with van der Waals surface area (Å²) in [5.74, 6) is 0.590. The summed E-state index contributed by atoms with van der Waals surface area (Å²) in [5, 5.41) is 9.41. The molecule has 18 heavy (non-hydrogen) atoms. The number of hydrogen-bond acceptors (Lipinski definition) is 2. The Balaban J connectivity index is 2.65. The molecular weight excluding hydrogens is 245 g/mol. The molecule has 0 bridgehead atoms. The quantitative estimate of drug-likeness (QED) is 0.873. The minimum atomic E-state index is -4.37. The zero-order chi connectivity index (χ0) is 13.8. The number of aliphatic hydroxyl groups excluding tert-OH is 1. The van der Waals surface area contributed by atoms with Crippen LogP contribution in [0.3, 0.4) is 0 Å². The van der Waals surface area contributed by atoms with Crippen molar-refractivity contribution >= 4 is 0 Å². The van der Waals surface area contributed by atoms with Gasteiger partial charge in [-0.2, -0.15) is 13.2 Å². The van der Waals surface area contributed by atoms with Crippen LogP contribution in [0.1, 0.15) is 38.4 Å². The van der Waals surface area contributed by atoms with Crippen molar-refractivity contribution in [3.8, 4) is 5.75 Å². The van der Waals surface area contributed by atoms with E-state index in [0.29, 0.717) is 5.75 Å².